The summed E-state index contributed by atoms with van der Waals surface area (Å²) in [5.74, 6) is -0.683. The van der Waals surface area contributed by atoms with E-state index in [2.05, 4.69) is 4.74 Å². The minimum atomic E-state index is -4.81. The quantitative estimate of drug-likeness (QED) is 0.751. The summed E-state index contributed by atoms with van der Waals surface area (Å²) in [6, 6.07) is 3.76. The molecule has 0 amide bonds. The van der Waals surface area contributed by atoms with Crippen molar-refractivity contribution in [3.05, 3.63) is 23.8 Å². The first kappa shape index (κ1) is 13.3. The highest BCUT2D eigenvalue weighted by atomic mass is 19.4. The number of carbonyl (C=O) groups is 1. The Morgan fingerprint density at radius 3 is 2.59 bits per heavy atom. The molecule has 3 nitrogen and oxygen atoms in total. The Bertz CT molecular complexity index is 388. The van der Waals surface area contributed by atoms with Crippen molar-refractivity contribution in [3.63, 3.8) is 0 Å². The van der Waals surface area contributed by atoms with Crippen LogP contribution in [0.1, 0.15) is 23.7 Å². The van der Waals surface area contributed by atoms with E-state index >= 15 is 0 Å². The first-order valence-electron chi connectivity index (χ1n) is 4.94. The highest BCUT2D eigenvalue weighted by Crippen LogP contribution is 2.34. The van der Waals surface area contributed by atoms with Gasteiger partial charge in [0.1, 0.15) is 0 Å². The molecule has 0 atom stereocenters. The standard InChI is InChI=1S/C11H11F3O3/c1-2-6-16-10-8(7-15)4-3-5-9(10)17-11(12,13)14/h3-5,7H,2,6H2,1H3. The zero-order valence-corrected chi connectivity index (χ0v) is 9.08. The van der Waals surface area contributed by atoms with Gasteiger partial charge in [-0.1, -0.05) is 13.0 Å². The molecule has 6 heteroatoms. The molecule has 1 aromatic rings. The molecule has 0 fully saturated rings. The van der Waals surface area contributed by atoms with Gasteiger partial charge in [0.05, 0.1) is 12.2 Å². The third-order valence-corrected chi connectivity index (χ3v) is 1.81. The van der Waals surface area contributed by atoms with Gasteiger partial charge in [-0.2, -0.15) is 0 Å². The van der Waals surface area contributed by atoms with E-state index in [-0.39, 0.29) is 17.9 Å². The van der Waals surface area contributed by atoms with E-state index in [0.717, 1.165) is 6.07 Å². The van der Waals surface area contributed by atoms with Gasteiger partial charge in [-0.3, -0.25) is 4.79 Å². The molecule has 1 aromatic carbocycles. The number of hydrogen-bond acceptors (Lipinski definition) is 3. The zero-order valence-electron chi connectivity index (χ0n) is 9.08. The fourth-order valence-corrected chi connectivity index (χ4v) is 1.19. The Hall–Kier alpha value is -1.72. The molecule has 0 bridgehead atoms. The van der Waals surface area contributed by atoms with Crippen molar-refractivity contribution in [2.45, 2.75) is 19.7 Å². The number of carbonyl (C=O) groups excluding carboxylic acids is 1. The number of ether oxygens (including phenoxy) is 2. The SMILES string of the molecule is CCCOc1c(C=O)cccc1OC(F)(F)F. The molecule has 0 radical (unpaired) electrons. The van der Waals surface area contributed by atoms with Gasteiger partial charge in [-0.15, -0.1) is 13.2 Å². The lowest BCUT2D eigenvalue weighted by Crippen LogP contribution is -2.18. The molecule has 0 aliphatic heterocycles. The molecule has 0 saturated heterocycles. The maximum atomic E-state index is 12.1. The zero-order chi connectivity index (χ0) is 12.9. The number of halogens is 3. The Morgan fingerprint density at radius 1 is 1.35 bits per heavy atom. The first-order valence-corrected chi connectivity index (χ1v) is 4.94. The molecule has 0 aliphatic carbocycles. The van der Waals surface area contributed by atoms with Crippen LogP contribution in [-0.2, 0) is 0 Å². The molecule has 0 unspecified atom stereocenters. The van der Waals surface area contributed by atoms with Crippen LogP contribution in [0.15, 0.2) is 18.2 Å². The summed E-state index contributed by atoms with van der Waals surface area (Å²) < 4.78 is 45.2. The topological polar surface area (TPSA) is 35.5 Å². The molecule has 0 aromatic heterocycles. The average Bonchev–Trinajstić information content (AvgIpc) is 2.25. The number of para-hydroxylation sites is 1. The van der Waals surface area contributed by atoms with Gasteiger partial charge in [0.2, 0.25) is 0 Å². The highest BCUT2D eigenvalue weighted by Gasteiger charge is 2.32. The average molecular weight is 248 g/mol. The smallest absolute Gasteiger partial charge is 0.489 e. The number of aldehydes is 1. The van der Waals surface area contributed by atoms with Gasteiger partial charge in [0.15, 0.2) is 17.8 Å². The van der Waals surface area contributed by atoms with E-state index in [0.29, 0.717) is 12.7 Å². The maximum absolute atomic E-state index is 12.1. The van der Waals surface area contributed by atoms with E-state index in [1.54, 1.807) is 6.92 Å². The molecule has 94 valence electrons. The molecular weight excluding hydrogens is 237 g/mol. The normalized spacial score (nSPS) is 11.1. The lowest BCUT2D eigenvalue weighted by atomic mass is 10.2. The summed E-state index contributed by atoms with van der Waals surface area (Å²) in [6.07, 6.45) is -3.78. The molecule has 1 rings (SSSR count). The van der Waals surface area contributed by atoms with Crippen molar-refractivity contribution in [3.8, 4) is 11.5 Å². The van der Waals surface area contributed by atoms with Crippen LogP contribution >= 0.6 is 0 Å². The van der Waals surface area contributed by atoms with Crippen LogP contribution in [0.4, 0.5) is 13.2 Å². The summed E-state index contributed by atoms with van der Waals surface area (Å²) in [4.78, 5) is 10.7. The second-order valence-corrected chi connectivity index (χ2v) is 3.19. The third kappa shape index (κ3) is 3.97. The van der Waals surface area contributed by atoms with Gasteiger partial charge in [-0.25, -0.2) is 0 Å². The lowest BCUT2D eigenvalue weighted by Gasteiger charge is -2.14. The Kier molecular flexibility index (Phi) is 4.37. The van der Waals surface area contributed by atoms with Gasteiger partial charge in [0, 0.05) is 0 Å². The van der Waals surface area contributed by atoms with Crippen LogP contribution in [0.2, 0.25) is 0 Å². The van der Waals surface area contributed by atoms with E-state index < -0.39 is 12.1 Å². The Labute approximate surface area is 96.1 Å². The summed E-state index contributed by atoms with van der Waals surface area (Å²) >= 11 is 0. The molecular formula is C11H11F3O3. The summed E-state index contributed by atoms with van der Waals surface area (Å²) in [7, 11) is 0. The summed E-state index contributed by atoms with van der Waals surface area (Å²) in [6.45, 7) is 2.01. The van der Waals surface area contributed by atoms with Crippen molar-refractivity contribution < 1.29 is 27.4 Å². The van der Waals surface area contributed by atoms with E-state index in [1.165, 1.54) is 12.1 Å². The van der Waals surface area contributed by atoms with E-state index in [9.17, 15) is 18.0 Å². The second kappa shape index (κ2) is 5.56. The van der Waals surface area contributed by atoms with Gasteiger partial charge < -0.3 is 9.47 Å². The summed E-state index contributed by atoms with van der Waals surface area (Å²) in [5, 5.41) is 0. The van der Waals surface area contributed by atoms with Crippen molar-refractivity contribution in [1.82, 2.24) is 0 Å². The highest BCUT2D eigenvalue weighted by molar-refractivity contribution is 5.81. The minimum absolute atomic E-state index is 0.0280. The predicted octanol–water partition coefficient (Wildman–Crippen LogP) is 3.19. The van der Waals surface area contributed by atoms with Crippen molar-refractivity contribution in [2.24, 2.45) is 0 Å². The van der Waals surface area contributed by atoms with Crippen LogP contribution in [-0.4, -0.2) is 19.3 Å². The number of hydrogen-bond donors (Lipinski definition) is 0. The minimum Gasteiger partial charge on any atom is -0.489 e. The second-order valence-electron chi connectivity index (χ2n) is 3.19. The predicted molar refractivity (Wildman–Crippen MR) is 54.3 cm³/mol. The number of alkyl halides is 3. The monoisotopic (exact) mass is 248 g/mol. The van der Waals surface area contributed by atoms with Crippen molar-refractivity contribution >= 4 is 6.29 Å². The summed E-state index contributed by atoms with van der Waals surface area (Å²) in [5.41, 5.74) is 0.0280. The van der Waals surface area contributed by atoms with Crippen LogP contribution in [0.3, 0.4) is 0 Å². The van der Waals surface area contributed by atoms with Crippen LogP contribution in [0.5, 0.6) is 11.5 Å². The Morgan fingerprint density at radius 2 is 2.06 bits per heavy atom. The van der Waals surface area contributed by atoms with Gasteiger partial charge >= 0.3 is 6.36 Å². The van der Waals surface area contributed by atoms with Crippen LogP contribution < -0.4 is 9.47 Å². The molecule has 0 heterocycles. The number of benzene rings is 1. The largest absolute Gasteiger partial charge is 0.573 e. The third-order valence-electron chi connectivity index (χ3n) is 1.81. The number of rotatable bonds is 5. The van der Waals surface area contributed by atoms with E-state index in [1.807, 2.05) is 0 Å². The van der Waals surface area contributed by atoms with Crippen molar-refractivity contribution in [2.75, 3.05) is 6.61 Å². The fourth-order valence-electron chi connectivity index (χ4n) is 1.19. The fraction of sp³-hybridized carbons (Fsp3) is 0.364. The van der Waals surface area contributed by atoms with Gasteiger partial charge in [-0.05, 0) is 18.6 Å². The lowest BCUT2D eigenvalue weighted by molar-refractivity contribution is -0.275. The van der Waals surface area contributed by atoms with Crippen LogP contribution in [0.25, 0.3) is 0 Å². The molecule has 0 N–H and O–H groups in total. The maximum Gasteiger partial charge on any atom is 0.573 e. The van der Waals surface area contributed by atoms with E-state index in [4.69, 9.17) is 4.74 Å². The molecule has 0 saturated carbocycles. The Balaban J connectivity index is 3.05. The molecule has 0 aliphatic rings. The van der Waals surface area contributed by atoms with Crippen molar-refractivity contribution in [1.29, 1.82) is 0 Å². The molecule has 0 spiro atoms. The first-order chi connectivity index (χ1) is 7.98. The molecule has 17 heavy (non-hydrogen) atoms. The van der Waals surface area contributed by atoms with Gasteiger partial charge in [0.25, 0.3) is 0 Å². The van der Waals surface area contributed by atoms with Crippen LogP contribution in [0, 0.1) is 0 Å².